The fourth-order valence-corrected chi connectivity index (χ4v) is 1.79. The van der Waals surface area contributed by atoms with E-state index in [4.69, 9.17) is 14.2 Å². The molecule has 0 radical (unpaired) electrons. The first-order valence-corrected chi connectivity index (χ1v) is 5.60. The third kappa shape index (κ3) is 2.19. The van der Waals surface area contributed by atoms with Crippen LogP contribution in [0.2, 0.25) is 0 Å². The van der Waals surface area contributed by atoms with Gasteiger partial charge in [0.25, 0.3) is 0 Å². The molecular formula is C11H18O5. The average molecular weight is 230 g/mol. The molecule has 0 aliphatic carbocycles. The van der Waals surface area contributed by atoms with Crippen LogP contribution in [0.25, 0.3) is 0 Å². The summed E-state index contributed by atoms with van der Waals surface area (Å²) in [6, 6.07) is 0. The van der Waals surface area contributed by atoms with E-state index in [9.17, 15) is 9.59 Å². The van der Waals surface area contributed by atoms with E-state index in [0.717, 1.165) is 0 Å². The fraction of sp³-hybridized carbons (Fsp3) is 0.818. The van der Waals surface area contributed by atoms with E-state index in [-0.39, 0.29) is 13.0 Å². The minimum absolute atomic E-state index is 0.245. The molecule has 0 bridgehead atoms. The molecule has 1 fully saturated rings. The number of hydrogen-bond acceptors (Lipinski definition) is 5. The molecule has 16 heavy (non-hydrogen) atoms. The molecule has 0 unspecified atom stereocenters. The summed E-state index contributed by atoms with van der Waals surface area (Å²) in [4.78, 5) is 23.5. The topological polar surface area (TPSA) is 61.8 Å². The molecule has 5 heteroatoms. The summed E-state index contributed by atoms with van der Waals surface area (Å²) in [5.41, 5.74) is -1.17. The molecule has 92 valence electrons. The second kappa shape index (κ2) is 5.30. The van der Waals surface area contributed by atoms with Gasteiger partial charge in [0.15, 0.2) is 5.41 Å². The van der Waals surface area contributed by atoms with Gasteiger partial charge in [0.05, 0.1) is 6.61 Å². The van der Waals surface area contributed by atoms with E-state index in [1.807, 2.05) is 6.92 Å². The molecule has 2 atom stereocenters. The van der Waals surface area contributed by atoms with Gasteiger partial charge < -0.3 is 14.2 Å². The lowest BCUT2D eigenvalue weighted by Gasteiger charge is -2.19. The van der Waals surface area contributed by atoms with Crippen LogP contribution in [0, 0.1) is 5.41 Å². The van der Waals surface area contributed by atoms with Gasteiger partial charge in [-0.25, -0.2) is 0 Å². The quantitative estimate of drug-likeness (QED) is 0.525. The van der Waals surface area contributed by atoms with Crippen LogP contribution in [-0.4, -0.2) is 31.4 Å². The van der Waals surface area contributed by atoms with Crippen LogP contribution < -0.4 is 0 Å². The summed E-state index contributed by atoms with van der Waals surface area (Å²) in [6.45, 7) is 5.99. The number of carbonyl (C=O) groups is 2. The predicted molar refractivity (Wildman–Crippen MR) is 55.5 cm³/mol. The van der Waals surface area contributed by atoms with Gasteiger partial charge in [0.1, 0.15) is 0 Å². The van der Waals surface area contributed by atoms with Crippen molar-refractivity contribution < 1.29 is 23.8 Å². The molecule has 1 aliphatic heterocycles. The van der Waals surface area contributed by atoms with Crippen molar-refractivity contribution in [2.75, 3.05) is 13.2 Å². The standard InChI is InChI=1S/C11H18O5/c1-4-11(9(12)15-6-3)7-8(14-5-2)16-10(11)13/h8H,4-7H2,1-3H3/t8-,11-/m1/s1. The molecule has 1 aliphatic rings. The van der Waals surface area contributed by atoms with Crippen LogP contribution in [0.15, 0.2) is 0 Å². The number of esters is 2. The third-order valence-electron chi connectivity index (χ3n) is 2.77. The summed E-state index contributed by atoms with van der Waals surface area (Å²) in [7, 11) is 0. The van der Waals surface area contributed by atoms with Crippen LogP contribution in [0.1, 0.15) is 33.6 Å². The SMILES string of the molecule is CCOC(=O)[C@@]1(CC)C[C@H](OCC)OC1=O. The lowest BCUT2D eigenvalue weighted by molar-refractivity contribution is -0.170. The van der Waals surface area contributed by atoms with Crippen molar-refractivity contribution in [3.05, 3.63) is 0 Å². The Hall–Kier alpha value is -1.10. The van der Waals surface area contributed by atoms with Crippen LogP contribution in [0.5, 0.6) is 0 Å². The van der Waals surface area contributed by atoms with Crippen LogP contribution in [-0.2, 0) is 23.8 Å². The maximum Gasteiger partial charge on any atom is 0.326 e. The molecule has 0 saturated carbocycles. The monoisotopic (exact) mass is 230 g/mol. The summed E-state index contributed by atoms with van der Waals surface area (Å²) >= 11 is 0. The second-order valence-corrected chi connectivity index (χ2v) is 3.65. The zero-order chi connectivity index (χ0) is 12.2. The average Bonchev–Trinajstić information content (AvgIpc) is 2.57. The van der Waals surface area contributed by atoms with Crippen molar-refractivity contribution in [1.29, 1.82) is 0 Å². The Morgan fingerprint density at radius 2 is 2.12 bits per heavy atom. The highest BCUT2D eigenvalue weighted by Crippen LogP contribution is 2.38. The largest absolute Gasteiger partial charge is 0.465 e. The predicted octanol–water partition coefficient (Wildman–Crippen LogP) is 1.26. The van der Waals surface area contributed by atoms with E-state index in [1.54, 1.807) is 13.8 Å². The van der Waals surface area contributed by atoms with E-state index in [2.05, 4.69) is 0 Å². The van der Waals surface area contributed by atoms with Crippen molar-refractivity contribution >= 4 is 11.9 Å². The molecule has 0 N–H and O–H groups in total. The van der Waals surface area contributed by atoms with E-state index in [0.29, 0.717) is 13.0 Å². The molecule has 0 amide bonds. The van der Waals surface area contributed by atoms with Gasteiger partial charge in [0.2, 0.25) is 6.29 Å². The van der Waals surface area contributed by atoms with E-state index in [1.165, 1.54) is 0 Å². The van der Waals surface area contributed by atoms with Gasteiger partial charge in [0, 0.05) is 13.0 Å². The molecule has 0 aromatic carbocycles. The molecular weight excluding hydrogens is 212 g/mol. The van der Waals surface area contributed by atoms with E-state index >= 15 is 0 Å². The maximum atomic E-state index is 11.8. The number of cyclic esters (lactones) is 1. The zero-order valence-electron chi connectivity index (χ0n) is 9.95. The van der Waals surface area contributed by atoms with Crippen molar-refractivity contribution in [2.24, 2.45) is 5.41 Å². The first kappa shape index (κ1) is 13.0. The highest BCUT2D eigenvalue weighted by molar-refractivity contribution is 6.01. The number of carbonyl (C=O) groups excluding carboxylic acids is 2. The van der Waals surface area contributed by atoms with Crippen molar-refractivity contribution in [3.63, 3.8) is 0 Å². The minimum Gasteiger partial charge on any atom is -0.465 e. The second-order valence-electron chi connectivity index (χ2n) is 3.65. The van der Waals surface area contributed by atoms with Crippen LogP contribution in [0.4, 0.5) is 0 Å². The number of hydrogen-bond donors (Lipinski definition) is 0. The lowest BCUT2D eigenvalue weighted by atomic mass is 9.83. The zero-order valence-corrected chi connectivity index (χ0v) is 9.95. The van der Waals surface area contributed by atoms with Gasteiger partial charge in [-0.05, 0) is 20.3 Å². The van der Waals surface area contributed by atoms with Crippen molar-refractivity contribution in [2.45, 2.75) is 39.9 Å². The van der Waals surface area contributed by atoms with E-state index < -0.39 is 23.6 Å². The summed E-state index contributed by atoms with van der Waals surface area (Å²) in [6.07, 6.45) is -0.00895. The maximum absolute atomic E-state index is 11.8. The van der Waals surface area contributed by atoms with Crippen molar-refractivity contribution in [1.82, 2.24) is 0 Å². The molecule has 1 rings (SSSR count). The molecule has 0 spiro atoms. The molecule has 5 nitrogen and oxygen atoms in total. The van der Waals surface area contributed by atoms with Crippen LogP contribution >= 0.6 is 0 Å². The molecule has 1 heterocycles. The molecule has 0 aromatic rings. The Balaban J connectivity index is 2.80. The Morgan fingerprint density at radius 1 is 1.44 bits per heavy atom. The van der Waals surface area contributed by atoms with Crippen LogP contribution in [0.3, 0.4) is 0 Å². The lowest BCUT2D eigenvalue weighted by Crippen LogP contribution is -2.36. The summed E-state index contributed by atoms with van der Waals surface area (Å²) in [5.74, 6) is -1.04. The first-order valence-electron chi connectivity index (χ1n) is 5.60. The molecule has 1 saturated heterocycles. The Bertz CT molecular complexity index is 276. The van der Waals surface area contributed by atoms with Gasteiger partial charge >= 0.3 is 11.9 Å². The normalized spacial score (nSPS) is 28.9. The first-order chi connectivity index (χ1) is 7.60. The summed E-state index contributed by atoms with van der Waals surface area (Å²) in [5, 5.41) is 0. The smallest absolute Gasteiger partial charge is 0.326 e. The van der Waals surface area contributed by atoms with Crippen molar-refractivity contribution in [3.8, 4) is 0 Å². The van der Waals surface area contributed by atoms with Gasteiger partial charge in [-0.3, -0.25) is 9.59 Å². The number of ether oxygens (including phenoxy) is 3. The third-order valence-corrected chi connectivity index (χ3v) is 2.77. The van der Waals surface area contributed by atoms with Gasteiger partial charge in [-0.15, -0.1) is 0 Å². The number of rotatable bonds is 5. The Kier molecular flexibility index (Phi) is 4.29. The highest BCUT2D eigenvalue weighted by atomic mass is 16.7. The molecule has 0 aromatic heterocycles. The minimum atomic E-state index is -1.17. The Labute approximate surface area is 95.0 Å². The van der Waals surface area contributed by atoms with Gasteiger partial charge in [-0.2, -0.15) is 0 Å². The highest BCUT2D eigenvalue weighted by Gasteiger charge is 2.55. The summed E-state index contributed by atoms with van der Waals surface area (Å²) < 4.78 is 15.1. The Morgan fingerprint density at radius 3 is 2.62 bits per heavy atom. The fourth-order valence-electron chi connectivity index (χ4n) is 1.79. The van der Waals surface area contributed by atoms with Gasteiger partial charge in [-0.1, -0.05) is 6.92 Å².